The van der Waals surface area contributed by atoms with Gasteiger partial charge in [-0.05, 0) is 0 Å². The SMILES string of the molecule is O=C(COc1c(Cl)cc([N+](=O)[O-])cc1Cl)OC(c1ccccc1)C(F)(F)F. The highest BCUT2D eigenvalue weighted by molar-refractivity contribution is 6.37. The molecule has 0 aliphatic heterocycles. The van der Waals surface area contributed by atoms with E-state index in [0.29, 0.717) is 0 Å². The van der Waals surface area contributed by atoms with Crippen LogP contribution in [-0.2, 0) is 9.53 Å². The minimum Gasteiger partial charge on any atom is -0.479 e. The van der Waals surface area contributed by atoms with Gasteiger partial charge in [0.2, 0.25) is 6.10 Å². The number of hydrogen-bond donors (Lipinski definition) is 0. The number of carbonyl (C=O) groups excluding carboxylic acids is 1. The van der Waals surface area contributed by atoms with Crippen molar-refractivity contribution in [2.45, 2.75) is 12.3 Å². The van der Waals surface area contributed by atoms with Crippen LogP contribution in [0.4, 0.5) is 18.9 Å². The molecular formula is C16H10Cl2F3NO5. The van der Waals surface area contributed by atoms with Crippen LogP contribution in [0.1, 0.15) is 11.7 Å². The first-order chi connectivity index (χ1) is 12.6. The third-order valence-corrected chi connectivity index (χ3v) is 3.74. The zero-order valence-corrected chi connectivity index (χ0v) is 14.7. The molecule has 0 aliphatic carbocycles. The first-order valence-electron chi connectivity index (χ1n) is 7.17. The third kappa shape index (κ3) is 5.48. The molecule has 2 aromatic carbocycles. The topological polar surface area (TPSA) is 78.7 Å². The van der Waals surface area contributed by atoms with Gasteiger partial charge in [-0.2, -0.15) is 13.2 Å². The lowest BCUT2D eigenvalue weighted by Crippen LogP contribution is -2.28. The number of halogens is 5. The van der Waals surface area contributed by atoms with Crippen LogP contribution in [0, 0.1) is 10.1 Å². The zero-order chi connectivity index (χ0) is 20.2. The van der Waals surface area contributed by atoms with E-state index >= 15 is 0 Å². The summed E-state index contributed by atoms with van der Waals surface area (Å²) >= 11 is 11.6. The molecule has 11 heteroatoms. The predicted molar refractivity (Wildman–Crippen MR) is 89.9 cm³/mol. The van der Waals surface area contributed by atoms with E-state index in [-0.39, 0.29) is 21.4 Å². The van der Waals surface area contributed by atoms with Crippen molar-refractivity contribution >= 4 is 34.9 Å². The van der Waals surface area contributed by atoms with Crippen LogP contribution in [0.25, 0.3) is 0 Å². The van der Waals surface area contributed by atoms with Crippen LogP contribution in [0.15, 0.2) is 42.5 Å². The lowest BCUT2D eigenvalue weighted by atomic mass is 10.1. The van der Waals surface area contributed by atoms with E-state index in [9.17, 15) is 28.1 Å². The summed E-state index contributed by atoms with van der Waals surface area (Å²) in [7, 11) is 0. The van der Waals surface area contributed by atoms with Gasteiger partial charge in [0, 0.05) is 17.7 Å². The highest BCUT2D eigenvalue weighted by Crippen LogP contribution is 2.38. The lowest BCUT2D eigenvalue weighted by Gasteiger charge is -2.21. The lowest BCUT2D eigenvalue weighted by molar-refractivity contribution is -0.384. The summed E-state index contributed by atoms with van der Waals surface area (Å²) in [4.78, 5) is 21.8. The fraction of sp³-hybridized carbons (Fsp3) is 0.188. The van der Waals surface area contributed by atoms with Crippen molar-refractivity contribution in [1.82, 2.24) is 0 Å². The van der Waals surface area contributed by atoms with E-state index in [2.05, 4.69) is 4.74 Å². The van der Waals surface area contributed by atoms with E-state index in [1.807, 2.05) is 0 Å². The molecule has 1 unspecified atom stereocenters. The van der Waals surface area contributed by atoms with E-state index in [4.69, 9.17) is 27.9 Å². The second kappa shape index (κ2) is 8.45. The maximum absolute atomic E-state index is 13.2. The standard InChI is InChI=1S/C16H10Cl2F3NO5/c17-11-6-10(22(24)25)7-12(18)14(11)26-8-13(23)27-15(16(19,20)21)9-4-2-1-3-5-9/h1-7,15H,8H2. The molecule has 6 nitrogen and oxygen atoms in total. The van der Waals surface area contributed by atoms with Crippen molar-refractivity contribution in [1.29, 1.82) is 0 Å². The number of rotatable bonds is 6. The minimum absolute atomic E-state index is 0.259. The Morgan fingerprint density at radius 3 is 2.19 bits per heavy atom. The van der Waals surface area contributed by atoms with Gasteiger partial charge >= 0.3 is 12.1 Å². The third-order valence-electron chi connectivity index (χ3n) is 3.18. The van der Waals surface area contributed by atoms with Gasteiger partial charge in [0.15, 0.2) is 12.4 Å². The molecule has 0 heterocycles. The summed E-state index contributed by atoms with van der Waals surface area (Å²) in [6, 6.07) is 8.43. The van der Waals surface area contributed by atoms with Crippen molar-refractivity contribution in [3.8, 4) is 5.75 Å². The Hall–Kier alpha value is -2.52. The Bertz CT molecular complexity index is 823. The van der Waals surface area contributed by atoms with Crippen molar-refractivity contribution in [3.63, 3.8) is 0 Å². The molecule has 2 rings (SSSR count). The second-order valence-corrected chi connectivity index (χ2v) is 5.92. The molecule has 0 saturated carbocycles. The first kappa shape index (κ1) is 20.8. The van der Waals surface area contributed by atoms with Crippen molar-refractivity contribution in [2.24, 2.45) is 0 Å². The second-order valence-electron chi connectivity index (χ2n) is 5.11. The number of nitrogens with zero attached hydrogens (tertiary/aromatic N) is 1. The van der Waals surface area contributed by atoms with Crippen molar-refractivity contribution in [3.05, 3.63) is 68.2 Å². The van der Waals surface area contributed by atoms with E-state index in [1.165, 1.54) is 18.2 Å². The normalized spacial score (nSPS) is 12.3. The highest BCUT2D eigenvalue weighted by atomic mass is 35.5. The molecule has 0 saturated heterocycles. The monoisotopic (exact) mass is 423 g/mol. The Kier molecular flexibility index (Phi) is 6.50. The van der Waals surface area contributed by atoms with Crippen LogP contribution in [0.3, 0.4) is 0 Å². The molecule has 27 heavy (non-hydrogen) atoms. The maximum atomic E-state index is 13.2. The molecule has 0 fully saturated rings. The van der Waals surface area contributed by atoms with Crippen molar-refractivity contribution < 1.29 is 32.4 Å². The van der Waals surface area contributed by atoms with Crippen LogP contribution in [0.2, 0.25) is 10.0 Å². The smallest absolute Gasteiger partial charge is 0.429 e. The Morgan fingerprint density at radius 1 is 1.15 bits per heavy atom. The number of benzene rings is 2. The van der Waals surface area contributed by atoms with Gasteiger partial charge in [0.05, 0.1) is 15.0 Å². The Morgan fingerprint density at radius 2 is 1.70 bits per heavy atom. The summed E-state index contributed by atoms with van der Waals surface area (Å²) in [6.45, 7) is -0.934. The summed E-state index contributed by atoms with van der Waals surface area (Å²) in [5.74, 6) is -1.61. The molecule has 2 aromatic rings. The van der Waals surface area contributed by atoms with E-state index < -0.39 is 35.5 Å². The number of carbonyl (C=O) groups is 1. The van der Waals surface area contributed by atoms with E-state index in [1.54, 1.807) is 0 Å². The number of nitro groups is 1. The molecular weight excluding hydrogens is 414 g/mol. The highest BCUT2D eigenvalue weighted by Gasteiger charge is 2.44. The molecule has 144 valence electrons. The molecule has 0 bridgehead atoms. The quantitative estimate of drug-likeness (QED) is 0.365. The molecule has 0 aliphatic rings. The summed E-state index contributed by atoms with van der Waals surface area (Å²) in [5, 5.41) is 10.1. The number of esters is 1. The fourth-order valence-corrected chi connectivity index (χ4v) is 2.62. The fourth-order valence-electron chi connectivity index (χ4n) is 2.04. The molecule has 0 aromatic heterocycles. The maximum Gasteiger partial charge on any atom is 0.429 e. The van der Waals surface area contributed by atoms with E-state index in [0.717, 1.165) is 24.3 Å². The van der Waals surface area contributed by atoms with Crippen LogP contribution >= 0.6 is 23.2 Å². The number of alkyl halides is 3. The van der Waals surface area contributed by atoms with Gasteiger partial charge in [-0.1, -0.05) is 53.5 Å². The van der Waals surface area contributed by atoms with Crippen molar-refractivity contribution in [2.75, 3.05) is 6.61 Å². The van der Waals surface area contributed by atoms with Gasteiger partial charge < -0.3 is 9.47 Å². The largest absolute Gasteiger partial charge is 0.479 e. The van der Waals surface area contributed by atoms with Gasteiger partial charge in [-0.25, -0.2) is 4.79 Å². The van der Waals surface area contributed by atoms with Crippen LogP contribution < -0.4 is 4.74 Å². The van der Waals surface area contributed by atoms with Gasteiger partial charge in [0.1, 0.15) is 0 Å². The Balaban J connectivity index is 2.10. The van der Waals surface area contributed by atoms with Gasteiger partial charge in [0.25, 0.3) is 5.69 Å². The summed E-state index contributed by atoms with van der Waals surface area (Å²) < 4.78 is 48.9. The number of nitro benzene ring substituents is 1. The summed E-state index contributed by atoms with van der Waals surface area (Å²) in [5.41, 5.74) is -0.675. The van der Waals surface area contributed by atoms with Crippen LogP contribution in [-0.4, -0.2) is 23.7 Å². The predicted octanol–water partition coefficient (Wildman–Crippen LogP) is 5.13. The molecule has 0 N–H and O–H groups in total. The molecule has 1 atom stereocenters. The number of non-ortho nitro benzene ring substituents is 1. The molecule has 0 spiro atoms. The number of ether oxygens (including phenoxy) is 2. The van der Waals surface area contributed by atoms with Crippen LogP contribution in [0.5, 0.6) is 5.75 Å². The van der Waals surface area contributed by atoms with Gasteiger partial charge in [-0.15, -0.1) is 0 Å². The average molecular weight is 424 g/mol. The minimum atomic E-state index is -4.83. The summed E-state index contributed by atoms with van der Waals surface area (Å²) in [6.07, 6.45) is -7.31. The zero-order valence-electron chi connectivity index (χ0n) is 13.2. The molecule has 0 amide bonds. The number of hydrogen-bond acceptors (Lipinski definition) is 5. The van der Waals surface area contributed by atoms with Gasteiger partial charge in [-0.3, -0.25) is 10.1 Å². The average Bonchev–Trinajstić information content (AvgIpc) is 2.58. The Labute approximate surface area is 160 Å². The first-order valence-corrected chi connectivity index (χ1v) is 7.92. The molecule has 0 radical (unpaired) electrons.